The van der Waals surface area contributed by atoms with Crippen molar-refractivity contribution in [2.24, 2.45) is 5.84 Å². The third kappa shape index (κ3) is 2.42. The third-order valence-electron chi connectivity index (χ3n) is 2.42. The lowest BCUT2D eigenvalue weighted by molar-refractivity contribution is 0.680. The van der Waals surface area contributed by atoms with Crippen molar-refractivity contribution in [3.05, 3.63) is 31.4 Å². The molecule has 2 rings (SSSR count). The van der Waals surface area contributed by atoms with Crippen LogP contribution in [-0.4, -0.2) is 19.7 Å². The molecule has 9 heteroatoms. The molecule has 2 aromatic heterocycles. The fourth-order valence-corrected chi connectivity index (χ4v) is 2.42. The molecule has 0 bridgehead atoms. The lowest BCUT2D eigenvalue weighted by Crippen LogP contribution is -2.26. The van der Waals surface area contributed by atoms with Crippen molar-refractivity contribution < 1.29 is 0 Å². The average molecular weight is 331 g/mol. The topological polar surface area (TPSA) is 98.7 Å². The molecule has 0 amide bonds. The van der Waals surface area contributed by atoms with Gasteiger partial charge in [-0.15, -0.1) is 10.2 Å². The van der Waals surface area contributed by atoms with Crippen molar-refractivity contribution in [3.8, 4) is 0 Å². The van der Waals surface area contributed by atoms with E-state index in [1.807, 2.05) is 6.92 Å². The lowest BCUT2D eigenvalue weighted by Gasteiger charge is -2.10. The SMILES string of the molecule is Cc1nc(=O)n(Cc2nnc(NN)s2)c(C)c1Br. The Balaban J connectivity index is 2.40. The van der Waals surface area contributed by atoms with Crippen LogP contribution in [0.4, 0.5) is 5.13 Å². The average Bonchev–Trinajstić information content (AvgIpc) is 2.80. The summed E-state index contributed by atoms with van der Waals surface area (Å²) in [7, 11) is 0. The van der Waals surface area contributed by atoms with E-state index in [1.165, 1.54) is 15.9 Å². The van der Waals surface area contributed by atoms with Crippen LogP contribution < -0.4 is 17.0 Å². The van der Waals surface area contributed by atoms with Gasteiger partial charge in [-0.05, 0) is 29.8 Å². The maximum absolute atomic E-state index is 11.8. The van der Waals surface area contributed by atoms with Crippen LogP contribution in [0.2, 0.25) is 0 Å². The highest BCUT2D eigenvalue weighted by molar-refractivity contribution is 9.10. The van der Waals surface area contributed by atoms with Gasteiger partial charge in [-0.3, -0.25) is 9.99 Å². The summed E-state index contributed by atoms with van der Waals surface area (Å²) >= 11 is 4.70. The van der Waals surface area contributed by atoms with E-state index in [4.69, 9.17) is 5.84 Å². The Kier molecular flexibility index (Phi) is 3.73. The first-order chi connectivity index (χ1) is 8.52. The Hall–Kier alpha value is -1.32. The fraction of sp³-hybridized carbons (Fsp3) is 0.333. The molecule has 3 N–H and O–H groups in total. The predicted octanol–water partition coefficient (Wildman–Crippen LogP) is 0.808. The van der Waals surface area contributed by atoms with E-state index in [-0.39, 0.29) is 5.69 Å². The molecule has 0 atom stereocenters. The number of halogens is 1. The number of nitrogens with one attached hydrogen (secondary N) is 1. The summed E-state index contributed by atoms with van der Waals surface area (Å²) < 4.78 is 2.36. The molecule has 0 aromatic carbocycles. The number of hydrogen-bond donors (Lipinski definition) is 2. The maximum Gasteiger partial charge on any atom is 0.348 e. The monoisotopic (exact) mass is 330 g/mol. The van der Waals surface area contributed by atoms with Gasteiger partial charge < -0.3 is 0 Å². The Labute approximate surface area is 115 Å². The first kappa shape index (κ1) is 13.1. The number of nitrogens with zero attached hydrogens (tertiary/aromatic N) is 4. The van der Waals surface area contributed by atoms with Crippen LogP contribution >= 0.6 is 27.3 Å². The quantitative estimate of drug-likeness (QED) is 0.638. The van der Waals surface area contributed by atoms with Crippen LogP contribution in [0.15, 0.2) is 9.27 Å². The number of anilines is 1. The van der Waals surface area contributed by atoms with Crippen LogP contribution in [0, 0.1) is 13.8 Å². The van der Waals surface area contributed by atoms with Gasteiger partial charge in [0.1, 0.15) is 5.01 Å². The molecular formula is C9H11BrN6OS. The van der Waals surface area contributed by atoms with Gasteiger partial charge in [0.25, 0.3) is 0 Å². The first-order valence-corrected chi connectivity index (χ1v) is 6.66. The van der Waals surface area contributed by atoms with E-state index < -0.39 is 0 Å². The summed E-state index contributed by atoms with van der Waals surface area (Å²) in [6, 6.07) is 0. The van der Waals surface area contributed by atoms with Gasteiger partial charge in [0.05, 0.1) is 16.7 Å². The minimum Gasteiger partial charge on any atom is -0.298 e. The molecule has 0 aliphatic rings. The Morgan fingerprint density at radius 3 is 2.78 bits per heavy atom. The minimum absolute atomic E-state index is 0.300. The maximum atomic E-state index is 11.8. The molecule has 0 spiro atoms. The van der Waals surface area contributed by atoms with E-state index in [2.05, 4.69) is 36.5 Å². The number of aryl methyl sites for hydroxylation is 1. The van der Waals surface area contributed by atoms with Gasteiger partial charge in [0.2, 0.25) is 5.13 Å². The van der Waals surface area contributed by atoms with Crippen molar-refractivity contribution in [2.75, 3.05) is 5.43 Å². The third-order valence-corrected chi connectivity index (χ3v) is 4.40. The second-order valence-corrected chi connectivity index (χ2v) is 5.47. The van der Waals surface area contributed by atoms with Crippen molar-refractivity contribution in [1.82, 2.24) is 19.7 Å². The molecule has 2 heterocycles. The zero-order chi connectivity index (χ0) is 13.3. The highest BCUT2D eigenvalue weighted by Gasteiger charge is 2.11. The van der Waals surface area contributed by atoms with Gasteiger partial charge in [-0.2, -0.15) is 4.98 Å². The second kappa shape index (κ2) is 5.12. The molecular weight excluding hydrogens is 320 g/mol. The molecule has 0 radical (unpaired) electrons. The first-order valence-electron chi connectivity index (χ1n) is 5.05. The number of hydrazine groups is 1. The van der Waals surface area contributed by atoms with Crippen LogP contribution in [0.5, 0.6) is 0 Å². The zero-order valence-corrected chi connectivity index (χ0v) is 12.2. The molecule has 18 heavy (non-hydrogen) atoms. The molecule has 0 unspecified atom stereocenters. The molecule has 0 aliphatic carbocycles. The van der Waals surface area contributed by atoms with Crippen LogP contribution in [-0.2, 0) is 6.54 Å². The van der Waals surface area contributed by atoms with E-state index in [9.17, 15) is 4.79 Å². The molecule has 0 fully saturated rings. The number of nitrogen functional groups attached to an aromatic ring is 1. The van der Waals surface area contributed by atoms with E-state index in [1.54, 1.807) is 6.92 Å². The van der Waals surface area contributed by atoms with Crippen LogP contribution in [0.3, 0.4) is 0 Å². The molecule has 0 aliphatic heterocycles. The smallest absolute Gasteiger partial charge is 0.298 e. The zero-order valence-electron chi connectivity index (χ0n) is 9.77. The van der Waals surface area contributed by atoms with Crippen LogP contribution in [0.1, 0.15) is 16.4 Å². The standard InChI is InChI=1S/C9H11BrN6OS/c1-4-7(10)5(2)16(9(17)12-4)3-6-14-15-8(13-11)18-6/h3,11H2,1-2H3,(H,13,15). The molecule has 0 saturated heterocycles. The minimum atomic E-state index is -0.300. The predicted molar refractivity (Wildman–Crippen MR) is 72.5 cm³/mol. The molecule has 0 saturated carbocycles. The fourth-order valence-electron chi connectivity index (χ4n) is 1.47. The summed E-state index contributed by atoms with van der Waals surface area (Å²) in [5.74, 6) is 5.23. The van der Waals surface area contributed by atoms with Crippen molar-refractivity contribution in [1.29, 1.82) is 0 Å². The normalized spacial score (nSPS) is 10.7. The van der Waals surface area contributed by atoms with E-state index in [0.29, 0.717) is 22.4 Å². The van der Waals surface area contributed by atoms with Gasteiger partial charge in [0, 0.05) is 5.69 Å². The Morgan fingerprint density at radius 1 is 1.44 bits per heavy atom. The lowest BCUT2D eigenvalue weighted by atomic mass is 10.3. The van der Waals surface area contributed by atoms with Gasteiger partial charge >= 0.3 is 5.69 Å². The van der Waals surface area contributed by atoms with E-state index >= 15 is 0 Å². The summed E-state index contributed by atoms with van der Waals surface area (Å²) in [4.78, 5) is 15.8. The van der Waals surface area contributed by atoms with Crippen molar-refractivity contribution in [3.63, 3.8) is 0 Å². The number of rotatable bonds is 3. The van der Waals surface area contributed by atoms with Crippen molar-refractivity contribution >= 4 is 32.4 Å². The largest absolute Gasteiger partial charge is 0.348 e. The highest BCUT2D eigenvalue weighted by Crippen LogP contribution is 2.19. The summed E-state index contributed by atoms with van der Waals surface area (Å²) in [5.41, 5.74) is 3.60. The highest BCUT2D eigenvalue weighted by atomic mass is 79.9. The molecule has 2 aromatic rings. The van der Waals surface area contributed by atoms with E-state index in [0.717, 1.165) is 10.2 Å². The van der Waals surface area contributed by atoms with Gasteiger partial charge in [-0.1, -0.05) is 11.3 Å². The Bertz CT molecular complexity index is 636. The second-order valence-electron chi connectivity index (χ2n) is 3.61. The number of aromatic nitrogens is 4. The van der Waals surface area contributed by atoms with Crippen LogP contribution in [0.25, 0.3) is 0 Å². The van der Waals surface area contributed by atoms with Gasteiger partial charge in [-0.25, -0.2) is 10.6 Å². The summed E-state index contributed by atoms with van der Waals surface area (Å²) in [6.45, 7) is 3.96. The summed E-state index contributed by atoms with van der Waals surface area (Å²) in [5, 5.41) is 8.95. The number of hydrogen-bond acceptors (Lipinski definition) is 7. The van der Waals surface area contributed by atoms with Crippen molar-refractivity contribution in [2.45, 2.75) is 20.4 Å². The molecule has 96 valence electrons. The van der Waals surface area contributed by atoms with Gasteiger partial charge in [0.15, 0.2) is 0 Å². The Morgan fingerprint density at radius 2 is 2.17 bits per heavy atom. The summed E-state index contributed by atoms with van der Waals surface area (Å²) in [6.07, 6.45) is 0. The molecule has 7 nitrogen and oxygen atoms in total. The number of nitrogens with two attached hydrogens (primary N) is 1.